The summed E-state index contributed by atoms with van der Waals surface area (Å²) in [7, 11) is 1.32. The minimum Gasteiger partial charge on any atom is -0.467 e. The summed E-state index contributed by atoms with van der Waals surface area (Å²) >= 11 is 6.10. The van der Waals surface area contributed by atoms with Gasteiger partial charge in [-0.15, -0.1) is 0 Å². The number of likely N-dealkylation sites (tertiary alicyclic amines) is 2. The minimum absolute atomic E-state index is 0.0368. The molecule has 1 aromatic rings. The van der Waals surface area contributed by atoms with E-state index < -0.39 is 29.4 Å². The molecule has 1 saturated carbocycles. The molecule has 3 fully saturated rings. The Labute approximate surface area is 242 Å². The smallest absolute Gasteiger partial charge is 0.328 e. The molecule has 4 atom stereocenters. The van der Waals surface area contributed by atoms with Crippen LogP contribution in [0.1, 0.15) is 71.3 Å². The van der Waals surface area contributed by atoms with Gasteiger partial charge in [0, 0.05) is 48.5 Å². The molecule has 0 aromatic heterocycles. The number of carbonyl (C=O) groups is 4. The van der Waals surface area contributed by atoms with E-state index in [1.54, 1.807) is 17.0 Å². The molecule has 0 unspecified atom stereocenters. The van der Waals surface area contributed by atoms with Crippen LogP contribution in [-0.2, 0) is 19.1 Å². The lowest BCUT2D eigenvalue weighted by Gasteiger charge is -2.42. The number of nitrogens with zero attached hydrogens (tertiary/aromatic N) is 3. The lowest BCUT2D eigenvalue weighted by Crippen LogP contribution is -2.53. The monoisotopic (exact) mass is 574 g/mol. The van der Waals surface area contributed by atoms with Crippen LogP contribution in [0.5, 0.6) is 0 Å². The second-order valence-electron chi connectivity index (χ2n) is 12.8. The molecule has 0 radical (unpaired) electrons. The zero-order valence-electron chi connectivity index (χ0n) is 24.3. The number of methoxy groups -OCH3 is 1. The first-order valence-corrected chi connectivity index (χ1v) is 14.7. The number of primary amides is 1. The van der Waals surface area contributed by atoms with Gasteiger partial charge in [0.15, 0.2) is 0 Å². The van der Waals surface area contributed by atoms with Crippen LogP contribution < -0.4 is 5.73 Å². The molecule has 40 heavy (non-hydrogen) atoms. The fourth-order valence-corrected chi connectivity index (χ4v) is 6.78. The number of rotatable bonds is 5. The average Bonchev–Trinajstić information content (AvgIpc) is 3.55. The Morgan fingerprint density at radius 1 is 0.975 bits per heavy atom. The molecular formula is C30H43ClN4O5. The highest BCUT2D eigenvalue weighted by molar-refractivity contribution is 6.30. The highest BCUT2D eigenvalue weighted by atomic mass is 35.5. The Morgan fingerprint density at radius 2 is 1.60 bits per heavy atom. The predicted molar refractivity (Wildman–Crippen MR) is 152 cm³/mol. The van der Waals surface area contributed by atoms with Crippen molar-refractivity contribution in [2.24, 2.45) is 23.0 Å². The van der Waals surface area contributed by atoms with Crippen molar-refractivity contribution in [3.8, 4) is 0 Å². The van der Waals surface area contributed by atoms with Gasteiger partial charge >= 0.3 is 12.0 Å². The van der Waals surface area contributed by atoms with Crippen LogP contribution in [0.4, 0.5) is 4.79 Å². The number of hydrogen-bond acceptors (Lipinski definition) is 5. The predicted octanol–water partition coefficient (Wildman–Crippen LogP) is 4.03. The Balaban J connectivity index is 1.65. The van der Waals surface area contributed by atoms with Gasteiger partial charge in [0.2, 0.25) is 11.8 Å². The van der Waals surface area contributed by atoms with Crippen molar-refractivity contribution < 1.29 is 23.9 Å². The van der Waals surface area contributed by atoms with Gasteiger partial charge < -0.3 is 25.2 Å². The summed E-state index contributed by atoms with van der Waals surface area (Å²) in [6.07, 6.45) is 4.23. The molecule has 4 amide bonds. The Morgan fingerprint density at radius 3 is 2.15 bits per heavy atom. The normalized spacial score (nSPS) is 28.9. The zero-order valence-corrected chi connectivity index (χ0v) is 25.0. The molecule has 9 nitrogen and oxygen atoms in total. The van der Waals surface area contributed by atoms with E-state index in [-0.39, 0.29) is 42.9 Å². The van der Waals surface area contributed by atoms with Gasteiger partial charge in [0.25, 0.3) is 0 Å². The second kappa shape index (κ2) is 12.0. The molecule has 2 saturated heterocycles. The minimum atomic E-state index is -0.811. The molecule has 10 heteroatoms. The van der Waals surface area contributed by atoms with Crippen molar-refractivity contribution in [1.82, 2.24) is 14.7 Å². The number of hydrogen-bond donors (Lipinski definition) is 1. The molecule has 2 N–H and O–H groups in total. The van der Waals surface area contributed by atoms with E-state index in [1.807, 2.05) is 37.8 Å². The second-order valence-corrected chi connectivity index (χ2v) is 13.2. The van der Waals surface area contributed by atoms with Crippen molar-refractivity contribution in [2.45, 2.75) is 83.8 Å². The molecule has 2 aliphatic heterocycles. The Hall–Kier alpha value is -2.81. The van der Waals surface area contributed by atoms with E-state index in [1.165, 1.54) is 12.0 Å². The van der Waals surface area contributed by atoms with Crippen molar-refractivity contribution in [3.05, 3.63) is 34.9 Å². The number of esters is 1. The summed E-state index contributed by atoms with van der Waals surface area (Å²) in [4.78, 5) is 58.3. The first-order valence-electron chi connectivity index (χ1n) is 14.3. The third kappa shape index (κ3) is 6.24. The summed E-state index contributed by atoms with van der Waals surface area (Å²) in [5, 5.41) is 0.574. The third-order valence-corrected chi connectivity index (χ3v) is 9.18. The first kappa shape index (κ1) is 30.2. The number of urea groups is 1. The quantitative estimate of drug-likeness (QED) is 0.533. The molecule has 0 spiro atoms. The number of ether oxygens (including phenoxy) is 1. The lowest BCUT2D eigenvalue weighted by atomic mass is 9.84. The van der Waals surface area contributed by atoms with E-state index >= 15 is 0 Å². The Bertz CT molecular complexity index is 1110. The maximum atomic E-state index is 14.3. The van der Waals surface area contributed by atoms with Gasteiger partial charge in [-0.1, -0.05) is 51.4 Å². The lowest BCUT2D eigenvalue weighted by molar-refractivity contribution is -0.152. The van der Waals surface area contributed by atoms with Crippen molar-refractivity contribution in [3.63, 3.8) is 0 Å². The molecule has 3 aliphatic rings. The highest BCUT2D eigenvalue weighted by Crippen LogP contribution is 2.39. The Kier molecular flexibility index (Phi) is 9.02. The van der Waals surface area contributed by atoms with Crippen LogP contribution in [-0.4, -0.2) is 83.4 Å². The third-order valence-electron chi connectivity index (χ3n) is 8.93. The highest BCUT2D eigenvalue weighted by Gasteiger charge is 2.50. The van der Waals surface area contributed by atoms with Crippen molar-refractivity contribution in [1.29, 1.82) is 0 Å². The molecular weight excluding hydrogens is 532 g/mol. The molecule has 4 rings (SSSR count). The van der Waals surface area contributed by atoms with E-state index in [0.29, 0.717) is 23.9 Å². The van der Waals surface area contributed by atoms with E-state index in [4.69, 9.17) is 22.1 Å². The summed E-state index contributed by atoms with van der Waals surface area (Å²) in [6.45, 7) is 8.67. The topological polar surface area (TPSA) is 113 Å². The summed E-state index contributed by atoms with van der Waals surface area (Å²) < 4.78 is 5.14. The fourth-order valence-electron chi connectivity index (χ4n) is 6.65. The average molecular weight is 575 g/mol. The van der Waals surface area contributed by atoms with Gasteiger partial charge in [-0.2, -0.15) is 0 Å². The van der Waals surface area contributed by atoms with E-state index in [2.05, 4.69) is 6.92 Å². The zero-order chi connectivity index (χ0) is 29.4. The van der Waals surface area contributed by atoms with Crippen molar-refractivity contribution >= 4 is 35.4 Å². The largest absolute Gasteiger partial charge is 0.467 e. The van der Waals surface area contributed by atoms with Gasteiger partial charge in [-0.3, -0.25) is 9.59 Å². The summed E-state index contributed by atoms with van der Waals surface area (Å²) in [5.74, 6) is -0.975. The summed E-state index contributed by atoms with van der Waals surface area (Å²) in [6, 6.07) is 5.60. The van der Waals surface area contributed by atoms with Crippen LogP contribution in [0.3, 0.4) is 0 Å². The molecule has 220 valence electrons. The maximum Gasteiger partial charge on any atom is 0.328 e. The van der Waals surface area contributed by atoms with Gasteiger partial charge in [0.1, 0.15) is 6.04 Å². The maximum absolute atomic E-state index is 14.3. The SMILES string of the molecule is COC(=O)[C@@H]1C[C@H](N(C(=O)C(C)(C)C)C2CCC(C)CC2)CN1C(=O)[C@@H]1CN(C(N)=O)C[C@H]1c1ccc(Cl)cc1. The van der Waals surface area contributed by atoms with Crippen LogP contribution >= 0.6 is 11.6 Å². The number of benzene rings is 1. The number of halogens is 1. The first-order chi connectivity index (χ1) is 18.8. The van der Waals surface area contributed by atoms with Crippen molar-refractivity contribution in [2.75, 3.05) is 26.7 Å². The van der Waals surface area contributed by atoms with Gasteiger partial charge in [-0.05, 0) is 49.3 Å². The molecule has 1 aromatic carbocycles. The number of amides is 4. The van der Waals surface area contributed by atoms with Crippen LogP contribution in [0.2, 0.25) is 5.02 Å². The van der Waals surface area contributed by atoms with Gasteiger partial charge in [0.05, 0.1) is 19.1 Å². The van der Waals surface area contributed by atoms with Gasteiger partial charge in [-0.25, -0.2) is 9.59 Å². The van der Waals surface area contributed by atoms with E-state index in [9.17, 15) is 19.2 Å². The standard InChI is InChI=1S/C30H43ClN4O5/c1-18-6-12-21(13-7-18)35(28(38)30(2,3)4)22-14-25(27(37)40-5)34(15-22)26(36)24-17-33(29(32)39)16-23(24)19-8-10-20(31)11-9-19/h8-11,18,21-25H,6-7,12-17H2,1-5H3,(H2,32,39)/t18?,21?,22-,23-,24+,25-/m0/s1. The van der Waals surface area contributed by atoms with Crippen LogP contribution in [0, 0.1) is 17.3 Å². The van der Waals surface area contributed by atoms with E-state index in [0.717, 1.165) is 31.2 Å². The number of carbonyl (C=O) groups excluding carboxylic acids is 4. The number of nitrogens with two attached hydrogens (primary N) is 1. The molecule has 0 bridgehead atoms. The van der Waals surface area contributed by atoms with Crippen LogP contribution in [0.25, 0.3) is 0 Å². The summed E-state index contributed by atoms with van der Waals surface area (Å²) in [5.41, 5.74) is 5.90. The van der Waals surface area contributed by atoms with Crippen LogP contribution in [0.15, 0.2) is 24.3 Å². The molecule has 2 heterocycles. The fraction of sp³-hybridized carbons (Fsp3) is 0.667. The molecule has 1 aliphatic carbocycles.